The third-order valence-corrected chi connectivity index (χ3v) is 5.87. The third kappa shape index (κ3) is 5.76. The largest absolute Gasteiger partial charge is 0.495 e. The summed E-state index contributed by atoms with van der Waals surface area (Å²) in [6, 6.07) is 18.6. The summed E-state index contributed by atoms with van der Waals surface area (Å²) >= 11 is 0. The highest BCUT2D eigenvalue weighted by atomic mass is 32.2. The van der Waals surface area contributed by atoms with Gasteiger partial charge in [0.1, 0.15) is 11.5 Å². The van der Waals surface area contributed by atoms with Crippen molar-refractivity contribution in [3.8, 4) is 11.5 Å². The SMILES string of the molecule is COc1ccccc1NS(=O)(=O)c1ccc(C)c(NC(=O)COc2cccc(C)c2)c1. The van der Waals surface area contributed by atoms with Crippen LogP contribution in [0.3, 0.4) is 0 Å². The zero-order valence-electron chi connectivity index (χ0n) is 17.5. The number of methoxy groups -OCH3 is 1. The molecule has 0 atom stereocenters. The molecule has 3 aromatic rings. The van der Waals surface area contributed by atoms with Gasteiger partial charge >= 0.3 is 0 Å². The molecule has 3 rings (SSSR count). The van der Waals surface area contributed by atoms with Crippen LogP contribution in [0.4, 0.5) is 11.4 Å². The number of sulfonamides is 1. The van der Waals surface area contributed by atoms with E-state index in [1.54, 1.807) is 43.3 Å². The fourth-order valence-corrected chi connectivity index (χ4v) is 3.97. The number of ether oxygens (including phenoxy) is 2. The van der Waals surface area contributed by atoms with E-state index in [4.69, 9.17) is 9.47 Å². The number of para-hydroxylation sites is 2. The van der Waals surface area contributed by atoms with Gasteiger partial charge in [-0.05, 0) is 61.4 Å². The quantitative estimate of drug-likeness (QED) is 0.549. The molecule has 0 aliphatic carbocycles. The van der Waals surface area contributed by atoms with Crippen molar-refractivity contribution in [3.05, 3.63) is 77.9 Å². The number of benzene rings is 3. The van der Waals surface area contributed by atoms with Crippen LogP contribution in [-0.4, -0.2) is 28.0 Å². The maximum absolute atomic E-state index is 12.9. The molecule has 7 nitrogen and oxygen atoms in total. The Morgan fingerprint density at radius 2 is 1.71 bits per heavy atom. The van der Waals surface area contributed by atoms with Crippen molar-refractivity contribution >= 4 is 27.3 Å². The molecule has 2 N–H and O–H groups in total. The smallest absolute Gasteiger partial charge is 0.262 e. The second-order valence-corrected chi connectivity index (χ2v) is 8.62. The zero-order chi connectivity index (χ0) is 22.4. The van der Waals surface area contributed by atoms with Gasteiger partial charge in [-0.1, -0.05) is 30.3 Å². The lowest BCUT2D eigenvalue weighted by atomic mass is 10.2. The topological polar surface area (TPSA) is 93.7 Å². The molecular formula is C23H24N2O5S. The number of carbonyl (C=O) groups excluding carboxylic acids is 1. The molecule has 1 amide bonds. The van der Waals surface area contributed by atoms with Gasteiger partial charge in [-0.25, -0.2) is 8.42 Å². The molecule has 0 spiro atoms. The van der Waals surface area contributed by atoms with Gasteiger partial charge in [0.05, 0.1) is 17.7 Å². The van der Waals surface area contributed by atoms with Gasteiger partial charge in [0.25, 0.3) is 15.9 Å². The van der Waals surface area contributed by atoms with Gasteiger partial charge in [0.2, 0.25) is 0 Å². The second-order valence-electron chi connectivity index (χ2n) is 6.94. The van der Waals surface area contributed by atoms with Crippen molar-refractivity contribution in [1.29, 1.82) is 0 Å². The molecule has 0 aliphatic rings. The number of carbonyl (C=O) groups is 1. The molecule has 0 heterocycles. The van der Waals surface area contributed by atoms with Crippen LogP contribution in [0.5, 0.6) is 11.5 Å². The lowest BCUT2D eigenvalue weighted by Crippen LogP contribution is -2.21. The Kier molecular flexibility index (Phi) is 6.81. The first kappa shape index (κ1) is 22.2. The standard InChI is InChI=1S/C23H24N2O5S/c1-16-7-6-8-18(13-16)30-15-23(26)24-21-14-19(12-11-17(21)2)31(27,28)25-20-9-4-5-10-22(20)29-3/h4-14,25H,15H2,1-3H3,(H,24,26). The maximum atomic E-state index is 12.9. The molecule has 3 aromatic carbocycles. The van der Waals surface area contributed by atoms with Gasteiger partial charge in [-0.15, -0.1) is 0 Å². The van der Waals surface area contributed by atoms with E-state index in [-0.39, 0.29) is 11.5 Å². The molecule has 0 aromatic heterocycles. The van der Waals surface area contributed by atoms with E-state index in [0.717, 1.165) is 11.1 Å². The summed E-state index contributed by atoms with van der Waals surface area (Å²) in [6.45, 7) is 3.52. The average molecular weight is 441 g/mol. The number of hydrogen-bond acceptors (Lipinski definition) is 5. The Morgan fingerprint density at radius 1 is 0.935 bits per heavy atom. The molecular weight excluding hydrogens is 416 g/mol. The predicted molar refractivity (Wildman–Crippen MR) is 120 cm³/mol. The molecule has 0 saturated carbocycles. The van der Waals surface area contributed by atoms with Crippen molar-refractivity contribution in [1.82, 2.24) is 0 Å². The summed E-state index contributed by atoms with van der Waals surface area (Å²) in [6.07, 6.45) is 0. The Morgan fingerprint density at radius 3 is 2.45 bits per heavy atom. The molecule has 162 valence electrons. The Bertz CT molecular complexity index is 1190. The number of rotatable bonds is 8. The number of anilines is 2. The minimum Gasteiger partial charge on any atom is -0.495 e. The van der Waals surface area contributed by atoms with Crippen molar-refractivity contribution in [2.24, 2.45) is 0 Å². The van der Waals surface area contributed by atoms with E-state index in [1.165, 1.54) is 19.2 Å². The van der Waals surface area contributed by atoms with Gasteiger partial charge in [-0.3, -0.25) is 9.52 Å². The summed E-state index contributed by atoms with van der Waals surface area (Å²) in [5, 5.41) is 2.71. The molecule has 31 heavy (non-hydrogen) atoms. The van der Waals surface area contributed by atoms with Crippen LogP contribution in [0.25, 0.3) is 0 Å². The first-order valence-corrected chi connectivity index (χ1v) is 11.0. The van der Waals surface area contributed by atoms with Gasteiger partial charge in [0, 0.05) is 5.69 Å². The number of nitrogens with one attached hydrogen (secondary N) is 2. The van der Waals surface area contributed by atoms with Gasteiger partial charge in [0.15, 0.2) is 6.61 Å². The van der Waals surface area contributed by atoms with Crippen LogP contribution >= 0.6 is 0 Å². The molecule has 0 saturated heterocycles. The number of amides is 1. The Balaban J connectivity index is 1.74. The van der Waals surface area contributed by atoms with E-state index in [9.17, 15) is 13.2 Å². The maximum Gasteiger partial charge on any atom is 0.262 e. The van der Waals surface area contributed by atoms with Crippen molar-refractivity contribution < 1.29 is 22.7 Å². The first-order chi connectivity index (χ1) is 14.8. The highest BCUT2D eigenvalue weighted by Gasteiger charge is 2.18. The van der Waals surface area contributed by atoms with Crippen molar-refractivity contribution in [2.75, 3.05) is 23.8 Å². The van der Waals surface area contributed by atoms with E-state index >= 15 is 0 Å². The van der Waals surface area contributed by atoms with E-state index < -0.39 is 15.9 Å². The zero-order valence-corrected chi connectivity index (χ0v) is 18.3. The predicted octanol–water partition coefficient (Wildman–Crippen LogP) is 4.13. The van der Waals surface area contributed by atoms with E-state index in [1.807, 2.05) is 25.1 Å². The van der Waals surface area contributed by atoms with Gasteiger partial charge in [-0.2, -0.15) is 0 Å². The lowest BCUT2D eigenvalue weighted by Gasteiger charge is -2.14. The molecule has 8 heteroatoms. The summed E-state index contributed by atoms with van der Waals surface area (Å²) in [4.78, 5) is 12.4. The first-order valence-electron chi connectivity index (χ1n) is 9.54. The highest BCUT2D eigenvalue weighted by molar-refractivity contribution is 7.92. The minimum absolute atomic E-state index is 0.0129. The van der Waals surface area contributed by atoms with Crippen LogP contribution in [-0.2, 0) is 14.8 Å². The third-order valence-electron chi connectivity index (χ3n) is 4.50. The summed E-state index contributed by atoms with van der Waals surface area (Å²) in [5.41, 5.74) is 2.46. The monoisotopic (exact) mass is 440 g/mol. The molecule has 0 unspecified atom stereocenters. The van der Waals surface area contributed by atoms with E-state index in [0.29, 0.717) is 22.9 Å². The summed E-state index contributed by atoms with van der Waals surface area (Å²) in [5.74, 6) is 0.598. The van der Waals surface area contributed by atoms with E-state index in [2.05, 4.69) is 10.0 Å². The molecule has 0 radical (unpaired) electrons. The van der Waals surface area contributed by atoms with Crippen LogP contribution in [0.15, 0.2) is 71.6 Å². The van der Waals surface area contributed by atoms with Crippen LogP contribution in [0.1, 0.15) is 11.1 Å². The van der Waals surface area contributed by atoms with Crippen LogP contribution < -0.4 is 19.5 Å². The molecule has 0 fully saturated rings. The summed E-state index contributed by atoms with van der Waals surface area (Å²) in [7, 11) is -2.43. The number of hydrogen-bond donors (Lipinski definition) is 2. The fourth-order valence-electron chi connectivity index (χ4n) is 2.88. The van der Waals surface area contributed by atoms with Gasteiger partial charge < -0.3 is 14.8 Å². The van der Waals surface area contributed by atoms with Crippen molar-refractivity contribution in [3.63, 3.8) is 0 Å². The second kappa shape index (κ2) is 9.53. The summed E-state index contributed by atoms with van der Waals surface area (Å²) < 4.78 is 38.9. The minimum atomic E-state index is -3.89. The lowest BCUT2D eigenvalue weighted by molar-refractivity contribution is -0.118. The number of aryl methyl sites for hydroxylation is 2. The Hall–Kier alpha value is -3.52. The molecule has 0 bridgehead atoms. The van der Waals surface area contributed by atoms with Crippen molar-refractivity contribution in [2.45, 2.75) is 18.7 Å². The average Bonchev–Trinajstić information content (AvgIpc) is 2.74. The highest BCUT2D eigenvalue weighted by Crippen LogP contribution is 2.27. The fraction of sp³-hybridized carbons (Fsp3) is 0.174. The van der Waals surface area contributed by atoms with Crippen LogP contribution in [0, 0.1) is 13.8 Å². The van der Waals surface area contributed by atoms with Crippen LogP contribution in [0.2, 0.25) is 0 Å². The normalized spacial score (nSPS) is 10.9. The Labute approximate surface area is 182 Å². The molecule has 0 aliphatic heterocycles.